The predicted octanol–water partition coefficient (Wildman–Crippen LogP) is 5.03. The highest BCUT2D eigenvalue weighted by Gasteiger charge is 2.13. The second-order valence-corrected chi connectivity index (χ2v) is 5.24. The van der Waals surface area contributed by atoms with Crippen molar-refractivity contribution in [2.75, 3.05) is 7.11 Å². The summed E-state index contributed by atoms with van der Waals surface area (Å²) >= 11 is 6.28. The van der Waals surface area contributed by atoms with Gasteiger partial charge in [0.1, 0.15) is 6.61 Å². The van der Waals surface area contributed by atoms with Crippen LogP contribution in [-0.4, -0.2) is 12.1 Å². The van der Waals surface area contributed by atoms with E-state index in [9.17, 15) is 0 Å². The van der Waals surface area contributed by atoms with Crippen molar-refractivity contribution in [2.45, 2.75) is 6.61 Å². The zero-order chi connectivity index (χ0) is 16.2. The molecule has 0 amide bonds. The molecule has 0 fully saturated rings. The van der Waals surface area contributed by atoms with Gasteiger partial charge in [0.05, 0.1) is 24.2 Å². The molecule has 1 aromatic heterocycles. The summed E-state index contributed by atoms with van der Waals surface area (Å²) in [6, 6.07) is 13.4. The van der Waals surface area contributed by atoms with Crippen LogP contribution in [0, 0.1) is 6.57 Å². The van der Waals surface area contributed by atoms with E-state index in [4.69, 9.17) is 27.6 Å². The molecule has 4 nitrogen and oxygen atoms in total. The topological polar surface area (TPSA) is 35.7 Å². The molecule has 0 bridgehead atoms. The van der Waals surface area contributed by atoms with Crippen LogP contribution in [0.3, 0.4) is 0 Å². The quantitative estimate of drug-likeness (QED) is 0.632. The highest BCUT2D eigenvalue weighted by atomic mass is 35.5. The highest BCUT2D eigenvalue weighted by molar-refractivity contribution is 6.38. The molecule has 3 rings (SSSR count). The van der Waals surface area contributed by atoms with E-state index in [-0.39, 0.29) is 0 Å². The standard InChI is InChI=1S/C18H13ClN2O2/c1-20-15-10-21-14-9-16(22-2)17(8-13(14)18(15)19)23-11-12-6-4-3-5-7-12/h3-10H,11H2,2H3. The van der Waals surface area contributed by atoms with Gasteiger partial charge < -0.3 is 9.47 Å². The molecule has 0 saturated carbocycles. The van der Waals surface area contributed by atoms with Crippen molar-refractivity contribution in [3.05, 3.63) is 70.7 Å². The van der Waals surface area contributed by atoms with Crippen LogP contribution >= 0.6 is 11.6 Å². The lowest BCUT2D eigenvalue weighted by atomic mass is 10.2. The van der Waals surface area contributed by atoms with Crippen LogP contribution < -0.4 is 9.47 Å². The Morgan fingerprint density at radius 2 is 1.96 bits per heavy atom. The zero-order valence-corrected chi connectivity index (χ0v) is 13.2. The SMILES string of the molecule is [C-]#[N+]c1cnc2cc(OC)c(OCc3ccccc3)cc2c1Cl. The average molecular weight is 325 g/mol. The van der Waals surface area contributed by atoms with Gasteiger partial charge in [-0.15, -0.1) is 0 Å². The number of ether oxygens (including phenoxy) is 2. The number of pyridine rings is 1. The summed E-state index contributed by atoms with van der Waals surface area (Å²) in [4.78, 5) is 7.62. The van der Waals surface area contributed by atoms with Crippen molar-refractivity contribution >= 4 is 28.2 Å². The zero-order valence-electron chi connectivity index (χ0n) is 12.4. The van der Waals surface area contributed by atoms with Gasteiger partial charge in [-0.1, -0.05) is 41.9 Å². The van der Waals surface area contributed by atoms with Crippen LogP contribution in [0.1, 0.15) is 5.56 Å². The number of rotatable bonds is 4. The summed E-state index contributed by atoms with van der Waals surface area (Å²) in [5.41, 5.74) is 2.03. The lowest BCUT2D eigenvalue weighted by Gasteiger charge is -2.13. The van der Waals surface area contributed by atoms with Crippen LogP contribution in [0.2, 0.25) is 5.02 Å². The van der Waals surface area contributed by atoms with Gasteiger partial charge in [0.15, 0.2) is 11.5 Å². The van der Waals surface area contributed by atoms with Gasteiger partial charge >= 0.3 is 0 Å². The summed E-state index contributed by atoms with van der Waals surface area (Å²) in [7, 11) is 1.58. The van der Waals surface area contributed by atoms with Gasteiger partial charge in [-0.3, -0.25) is 4.98 Å². The number of methoxy groups -OCH3 is 1. The Morgan fingerprint density at radius 1 is 1.17 bits per heavy atom. The second-order valence-electron chi connectivity index (χ2n) is 4.86. The molecule has 0 saturated heterocycles. The molecule has 0 aliphatic carbocycles. The molecule has 0 unspecified atom stereocenters. The first kappa shape index (κ1) is 15.1. The van der Waals surface area contributed by atoms with Gasteiger partial charge in [0.2, 0.25) is 5.69 Å². The molecule has 0 spiro atoms. The van der Waals surface area contributed by atoms with Crippen LogP contribution in [0.15, 0.2) is 48.7 Å². The smallest absolute Gasteiger partial charge is 0.223 e. The Balaban J connectivity index is 2.01. The van der Waals surface area contributed by atoms with Crippen molar-refractivity contribution in [1.29, 1.82) is 0 Å². The number of hydrogen-bond donors (Lipinski definition) is 0. The lowest BCUT2D eigenvalue weighted by molar-refractivity contribution is 0.285. The first-order valence-electron chi connectivity index (χ1n) is 6.93. The van der Waals surface area contributed by atoms with Gasteiger partial charge in [0, 0.05) is 17.6 Å². The average Bonchev–Trinajstić information content (AvgIpc) is 2.60. The summed E-state index contributed by atoms with van der Waals surface area (Å²) in [6.45, 7) is 7.54. The number of hydrogen-bond acceptors (Lipinski definition) is 3. The van der Waals surface area contributed by atoms with E-state index < -0.39 is 0 Å². The molecule has 0 N–H and O–H groups in total. The Labute approximate surface area is 139 Å². The Morgan fingerprint density at radius 3 is 2.65 bits per heavy atom. The number of fused-ring (bicyclic) bond motifs is 1. The lowest BCUT2D eigenvalue weighted by Crippen LogP contribution is -1.98. The van der Waals surface area contributed by atoms with Gasteiger partial charge in [-0.2, -0.15) is 0 Å². The summed E-state index contributed by atoms with van der Waals surface area (Å²) in [6.07, 6.45) is 1.46. The largest absolute Gasteiger partial charge is 0.493 e. The Bertz CT molecular complexity index is 889. The Hall–Kier alpha value is -2.77. The van der Waals surface area contributed by atoms with E-state index in [2.05, 4.69) is 9.83 Å². The number of aromatic nitrogens is 1. The molecule has 0 aliphatic rings. The van der Waals surface area contributed by atoms with E-state index in [0.29, 0.717) is 39.7 Å². The maximum atomic E-state index is 7.13. The molecule has 2 aromatic carbocycles. The van der Waals surface area contributed by atoms with Crippen molar-refractivity contribution in [3.8, 4) is 11.5 Å². The fourth-order valence-corrected chi connectivity index (χ4v) is 2.49. The molecule has 1 heterocycles. The molecule has 5 heteroatoms. The minimum atomic E-state index is 0.318. The van der Waals surface area contributed by atoms with E-state index >= 15 is 0 Å². The fourth-order valence-electron chi connectivity index (χ4n) is 2.24. The number of halogens is 1. The molecule has 3 aromatic rings. The van der Waals surface area contributed by atoms with Crippen molar-refractivity contribution < 1.29 is 9.47 Å². The second kappa shape index (κ2) is 6.55. The van der Waals surface area contributed by atoms with Gasteiger partial charge in [-0.05, 0) is 11.6 Å². The van der Waals surface area contributed by atoms with Gasteiger partial charge in [-0.25, -0.2) is 4.85 Å². The normalized spacial score (nSPS) is 10.3. The fraction of sp³-hybridized carbons (Fsp3) is 0.111. The first-order valence-corrected chi connectivity index (χ1v) is 7.31. The van der Waals surface area contributed by atoms with Crippen molar-refractivity contribution in [2.24, 2.45) is 0 Å². The Kier molecular flexibility index (Phi) is 4.31. The van der Waals surface area contributed by atoms with Crippen LogP contribution in [-0.2, 0) is 6.61 Å². The molecular weight excluding hydrogens is 312 g/mol. The summed E-state index contributed by atoms with van der Waals surface area (Å²) < 4.78 is 11.2. The first-order chi connectivity index (χ1) is 11.2. The van der Waals surface area contributed by atoms with Crippen molar-refractivity contribution in [1.82, 2.24) is 4.98 Å². The molecule has 0 aliphatic heterocycles. The highest BCUT2D eigenvalue weighted by Crippen LogP contribution is 2.38. The maximum Gasteiger partial charge on any atom is 0.223 e. The third kappa shape index (κ3) is 3.05. The monoisotopic (exact) mass is 324 g/mol. The molecule has 114 valence electrons. The van der Waals surface area contributed by atoms with E-state index in [1.807, 2.05) is 30.3 Å². The molecule has 0 radical (unpaired) electrons. The van der Waals surface area contributed by atoms with Crippen LogP contribution in [0.5, 0.6) is 11.5 Å². The van der Waals surface area contributed by atoms with Crippen LogP contribution in [0.4, 0.5) is 5.69 Å². The van der Waals surface area contributed by atoms with Gasteiger partial charge in [0.25, 0.3) is 0 Å². The molecule has 0 atom stereocenters. The maximum absolute atomic E-state index is 7.13. The van der Waals surface area contributed by atoms with E-state index in [1.165, 1.54) is 6.20 Å². The van der Waals surface area contributed by atoms with Crippen LogP contribution in [0.25, 0.3) is 15.7 Å². The minimum absolute atomic E-state index is 0.318. The predicted molar refractivity (Wildman–Crippen MR) is 90.3 cm³/mol. The number of nitrogens with zero attached hydrogens (tertiary/aromatic N) is 2. The summed E-state index contributed by atoms with van der Waals surface area (Å²) in [5, 5.41) is 1.04. The van der Waals surface area contributed by atoms with Crippen molar-refractivity contribution in [3.63, 3.8) is 0 Å². The third-order valence-corrected chi connectivity index (χ3v) is 3.82. The minimum Gasteiger partial charge on any atom is -0.493 e. The summed E-state index contributed by atoms with van der Waals surface area (Å²) in [5.74, 6) is 1.14. The van der Waals surface area contributed by atoms with E-state index in [1.54, 1.807) is 19.2 Å². The molecular formula is C18H13ClN2O2. The molecule has 23 heavy (non-hydrogen) atoms. The third-order valence-electron chi connectivity index (χ3n) is 3.43. The number of benzene rings is 2. The van der Waals surface area contributed by atoms with E-state index in [0.717, 1.165) is 5.56 Å².